The smallest absolute Gasteiger partial charge is 0.0465 e. The minimum atomic E-state index is -0.208. The zero-order valence-corrected chi connectivity index (χ0v) is 47.0. The predicted octanol–water partition coefficient (Wildman–Crippen LogP) is 21.2. The maximum absolute atomic E-state index is 2.56. The van der Waals surface area contributed by atoms with E-state index in [0.717, 1.165) is 34.1 Å². The highest BCUT2D eigenvalue weighted by molar-refractivity contribution is 5.97. The van der Waals surface area contributed by atoms with Crippen molar-refractivity contribution in [3.05, 3.63) is 287 Å². The highest BCUT2D eigenvalue weighted by Crippen LogP contribution is 2.59. The van der Waals surface area contributed by atoms with Gasteiger partial charge in [-0.05, 0) is 202 Å². The normalized spacial score (nSPS) is 15.4. The van der Waals surface area contributed by atoms with Gasteiger partial charge in [0.25, 0.3) is 0 Å². The van der Waals surface area contributed by atoms with Crippen molar-refractivity contribution in [3.8, 4) is 66.8 Å². The quantitative estimate of drug-likeness (QED) is 0.150. The van der Waals surface area contributed by atoms with Gasteiger partial charge in [0.1, 0.15) is 0 Å². The number of hydrogen-bond donors (Lipinski definition) is 0. The zero-order valence-electron chi connectivity index (χ0n) is 47.0. The molecule has 0 unspecified atom stereocenters. The number of nitrogens with zero attached hydrogens (tertiary/aromatic N) is 2. The van der Waals surface area contributed by atoms with Crippen LogP contribution >= 0.6 is 0 Å². The molecule has 0 spiro atoms. The Balaban J connectivity index is 0.755. The lowest BCUT2D eigenvalue weighted by molar-refractivity contribution is 0.652. The summed E-state index contributed by atoms with van der Waals surface area (Å²) in [4.78, 5) is 4.82. The molecular weight excluding hydrogens is 965 g/mol. The molecule has 0 amide bonds. The minimum Gasteiger partial charge on any atom is -0.310 e. The SMILES string of the molecule is CC1(C)c2ccccc2-c2ccc(N(c3ccccc3)c3ccc(-c4ccc5c(c4)C(C)(C)c4cc6c(cc4-5)C(C)(C)c4cccc(-c5ccc(N(c7ccccc7)c7ccc8c(c7)C(C)(C)c7ccccc7-8)cc5)c4-6)cc3)cc21. The van der Waals surface area contributed by atoms with Crippen LogP contribution in [0.1, 0.15) is 99.9 Å². The van der Waals surface area contributed by atoms with Crippen LogP contribution in [0.2, 0.25) is 0 Å². The Kier molecular flexibility index (Phi) is 10.4. The molecule has 11 aromatic rings. The van der Waals surface area contributed by atoms with Gasteiger partial charge in [0.15, 0.2) is 0 Å². The average molecular weight is 1030 g/mol. The molecule has 0 N–H and O–H groups in total. The number of hydrogen-bond acceptors (Lipinski definition) is 2. The van der Waals surface area contributed by atoms with Gasteiger partial charge in [0, 0.05) is 55.8 Å². The molecule has 0 aromatic heterocycles. The first kappa shape index (κ1) is 48.2. The fourth-order valence-corrected chi connectivity index (χ4v) is 14.7. The molecule has 0 bridgehead atoms. The van der Waals surface area contributed by atoms with E-state index in [2.05, 4.69) is 308 Å². The van der Waals surface area contributed by atoms with Gasteiger partial charge >= 0.3 is 0 Å². The van der Waals surface area contributed by atoms with E-state index in [1.807, 2.05) is 0 Å². The molecule has 0 fully saturated rings. The van der Waals surface area contributed by atoms with Gasteiger partial charge in [0.2, 0.25) is 0 Å². The molecule has 11 aromatic carbocycles. The van der Waals surface area contributed by atoms with Crippen LogP contribution in [0.15, 0.2) is 243 Å². The van der Waals surface area contributed by atoms with Gasteiger partial charge in [-0.1, -0.05) is 207 Å². The summed E-state index contributed by atoms with van der Waals surface area (Å²) < 4.78 is 0. The highest BCUT2D eigenvalue weighted by atomic mass is 15.1. The monoisotopic (exact) mass is 1030 g/mol. The van der Waals surface area contributed by atoms with Crippen LogP contribution in [0.4, 0.5) is 34.1 Å². The summed E-state index contributed by atoms with van der Waals surface area (Å²) in [6.45, 7) is 19.1. The van der Waals surface area contributed by atoms with Crippen LogP contribution in [-0.4, -0.2) is 0 Å². The van der Waals surface area contributed by atoms with Gasteiger partial charge in [-0.3, -0.25) is 0 Å². The molecule has 4 aliphatic carbocycles. The van der Waals surface area contributed by atoms with Gasteiger partial charge < -0.3 is 9.80 Å². The van der Waals surface area contributed by atoms with Crippen LogP contribution in [0, 0.1) is 0 Å². The van der Waals surface area contributed by atoms with Gasteiger partial charge in [-0.2, -0.15) is 0 Å². The molecule has 0 saturated heterocycles. The lowest BCUT2D eigenvalue weighted by Crippen LogP contribution is -2.17. The molecule has 15 rings (SSSR count). The summed E-state index contributed by atoms with van der Waals surface area (Å²) in [6, 6.07) is 91.3. The second-order valence-electron chi connectivity index (χ2n) is 24.9. The zero-order chi connectivity index (χ0) is 54.5. The van der Waals surface area contributed by atoms with Crippen molar-refractivity contribution in [2.75, 3.05) is 9.80 Å². The summed E-state index contributed by atoms with van der Waals surface area (Å²) in [5.74, 6) is 0. The number of fused-ring (bicyclic) bond motifs is 12. The Bertz CT molecular complexity index is 4330. The summed E-state index contributed by atoms with van der Waals surface area (Å²) in [5.41, 5.74) is 33.1. The first-order valence-corrected chi connectivity index (χ1v) is 28.6. The number of anilines is 6. The molecule has 0 atom stereocenters. The third kappa shape index (κ3) is 6.97. The Morgan fingerprint density at radius 2 is 0.537 bits per heavy atom. The van der Waals surface area contributed by atoms with Crippen molar-refractivity contribution in [3.63, 3.8) is 0 Å². The standard InChI is InChI=1S/C78H64N2/c1-75(2)66-27-17-15-24-59(66)61-42-39-56(45-70(61)75)79(52-20-11-9-12-21-52)54-35-30-49(31-36-54)51-34-41-63-64-47-73-65(48-72(64)78(7,8)69(63)44-51)74-58(26-19-29-68(74)77(73,5)6)50-32-37-55(38-33-50)80(53-22-13-10-14-23-53)57-40-43-62-60-25-16-18-28-67(60)76(3,4)71(62)46-57/h9-48H,1-8H3. The molecule has 386 valence electrons. The highest BCUT2D eigenvalue weighted by Gasteiger charge is 2.43. The summed E-state index contributed by atoms with van der Waals surface area (Å²) in [7, 11) is 0. The summed E-state index contributed by atoms with van der Waals surface area (Å²) >= 11 is 0. The molecular formula is C78H64N2. The van der Waals surface area contributed by atoms with E-state index in [4.69, 9.17) is 0 Å². The van der Waals surface area contributed by atoms with Crippen LogP contribution in [0.5, 0.6) is 0 Å². The lowest BCUT2D eigenvalue weighted by Gasteiger charge is -2.28. The van der Waals surface area contributed by atoms with Crippen molar-refractivity contribution < 1.29 is 0 Å². The Morgan fingerprint density at radius 1 is 0.200 bits per heavy atom. The molecule has 0 radical (unpaired) electrons. The van der Waals surface area contributed by atoms with E-state index in [-0.39, 0.29) is 21.7 Å². The molecule has 0 saturated carbocycles. The van der Waals surface area contributed by atoms with Crippen molar-refractivity contribution in [2.45, 2.75) is 77.0 Å². The first-order chi connectivity index (χ1) is 38.7. The number of rotatable bonds is 8. The van der Waals surface area contributed by atoms with Crippen LogP contribution in [-0.2, 0) is 21.7 Å². The third-order valence-electron chi connectivity index (χ3n) is 19.1. The second kappa shape index (κ2) is 17.3. The number of para-hydroxylation sites is 2. The van der Waals surface area contributed by atoms with Gasteiger partial charge in [-0.25, -0.2) is 0 Å². The minimum absolute atomic E-state index is 0.0873. The molecule has 0 heterocycles. The lowest BCUT2D eigenvalue weighted by atomic mass is 9.79. The summed E-state index contributed by atoms with van der Waals surface area (Å²) in [5, 5.41) is 0. The van der Waals surface area contributed by atoms with E-state index in [9.17, 15) is 0 Å². The Labute approximate surface area is 472 Å². The molecule has 2 nitrogen and oxygen atoms in total. The molecule has 4 aliphatic rings. The first-order valence-electron chi connectivity index (χ1n) is 28.6. The maximum Gasteiger partial charge on any atom is 0.0465 e. The fourth-order valence-electron chi connectivity index (χ4n) is 14.7. The second-order valence-corrected chi connectivity index (χ2v) is 24.9. The van der Waals surface area contributed by atoms with Gasteiger partial charge in [0.05, 0.1) is 0 Å². The van der Waals surface area contributed by atoms with Crippen molar-refractivity contribution in [2.24, 2.45) is 0 Å². The fraction of sp³-hybridized carbons (Fsp3) is 0.154. The molecule has 2 heteroatoms. The number of benzene rings is 11. The van der Waals surface area contributed by atoms with Crippen molar-refractivity contribution in [1.82, 2.24) is 0 Å². The average Bonchev–Trinajstić information content (AvgIpc) is 3.62. The molecule has 0 aliphatic heterocycles. The molecule has 80 heavy (non-hydrogen) atoms. The van der Waals surface area contributed by atoms with E-state index < -0.39 is 0 Å². The summed E-state index contributed by atoms with van der Waals surface area (Å²) in [6.07, 6.45) is 0. The van der Waals surface area contributed by atoms with Crippen LogP contribution in [0.25, 0.3) is 66.8 Å². The van der Waals surface area contributed by atoms with Gasteiger partial charge in [-0.15, -0.1) is 0 Å². The van der Waals surface area contributed by atoms with E-state index in [1.165, 1.54) is 111 Å². The Morgan fingerprint density at radius 3 is 1.09 bits per heavy atom. The third-order valence-corrected chi connectivity index (χ3v) is 19.1. The van der Waals surface area contributed by atoms with Crippen LogP contribution < -0.4 is 9.80 Å². The van der Waals surface area contributed by atoms with Crippen molar-refractivity contribution >= 4 is 34.1 Å². The Hall–Kier alpha value is -8.98. The largest absolute Gasteiger partial charge is 0.310 e. The predicted molar refractivity (Wildman–Crippen MR) is 337 cm³/mol. The van der Waals surface area contributed by atoms with Crippen LogP contribution in [0.3, 0.4) is 0 Å². The topological polar surface area (TPSA) is 6.48 Å². The maximum atomic E-state index is 2.56. The van der Waals surface area contributed by atoms with E-state index >= 15 is 0 Å². The van der Waals surface area contributed by atoms with E-state index in [0.29, 0.717) is 0 Å². The van der Waals surface area contributed by atoms with E-state index in [1.54, 1.807) is 0 Å². The van der Waals surface area contributed by atoms with Crippen molar-refractivity contribution in [1.29, 1.82) is 0 Å².